The maximum Gasteiger partial charge on any atom is 0.224 e. The second kappa shape index (κ2) is 7.48. The van der Waals surface area contributed by atoms with Crippen LogP contribution in [0.3, 0.4) is 0 Å². The Kier molecular flexibility index (Phi) is 5.91. The smallest absolute Gasteiger partial charge is 0.224 e. The number of rotatable bonds is 6. The van der Waals surface area contributed by atoms with Gasteiger partial charge in [-0.25, -0.2) is 0 Å². The van der Waals surface area contributed by atoms with E-state index in [0.29, 0.717) is 19.4 Å². The Morgan fingerprint density at radius 2 is 1.78 bits per heavy atom. The quantitative estimate of drug-likeness (QED) is 0.796. The third-order valence-electron chi connectivity index (χ3n) is 2.33. The number of hydrogen-bond donors (Lipinski definition) is 2. The van der Waals surface area contributed by atoms with Crippen molar-refractivity contribution in [2.75, 3.05) is 6.54 Å². The molecule has 4 nitrogen and oxygen atoms in total. The van der Waals surface area contributed by atoms with Crippen LogP contribution < -0.4 is 10.6 Å². The molecule has 0 fully saturated rings. The molecular weight excluding hydrogens is 228 g/mol. The second-order valence-corrected chi connectivity index (χ2v) is 4.48. The van der Waals surface area contributed by atoms with Crippen molar-refractivity contribution in [2.24, 2.45) is 0 Å². The monoisotopic (exact) mass is 248 g/mol. The molecule has 1 aromatic rings. The van der Waals surface area contributed by atoms with Gasteiger partial charge >= 0.3 is 0 Å². The molecule has 0 aliphatic carbocycles. The summed E-state index contributed by atoms with van der Waals surface area (Å²) in [7, 11) is 0. The number of amides is 2. The summed E-state index contributed by atoms with van der Waals surface area (Å²) >= 11 is 0. The Morgan fingerprint density at radius 3 is 2.39 bits per heavy atom. The van der Waals surface area contributed by atoms with E-state index in [2.05, 4.69) is 10.6 Å². The van der Waals surface area contributed by atoms with E-state index in [1.807, 2.05) is 44.2 Å². The van der Waals surface area contributed by atoms with E-state index in [0.717, 1.165) is 5.56 Å². The average Bonchev–Trinajstić information content (AvgIpc) is 2.29. The van der Waals surface area contributed by atoms with E-state index in [1.165, 1.54) is 0 Å². The van der Waals surface area contributed by atoms with Crippen LogP contribution in [0.15, 0.2) is 30.3 Å². The van der Waals surface area contributed by atoms with Gasteiger partial charge in [0, 0.05) is 19.0 Å². The number of carbonyl (C=O) groups is 2. The highest BCUT2D eigenvalue weighted by Crippen LogP contribution is 1.98. The minimum Gasteiger partial charge on any atom is -0.355 e. The van der Waals surface area contributed by atoms with Gasteiger partial charge in [0.15, 0.2) is 0 Å². The maximum absolute atomic E-state index is 11.6. The van der Waals surface area contributed by atoms with Crippen LogP contribution in [-0.4, -0.2) is 24.4 Å². The molecule has 0 bridgehead atoms. The fourth-order valence-corrected chi connectivity index (χ4v) is 1.55. The average molecular weight is 248 g/mol. The van der Waals surface area contributed by atoms with Crippen molar-refractivity contribution in [3.63, 3.8) is 0 Å². The van der Waals surface area contributed by atoms with E-state index >= 15 is 0 Å². The second-order valence-electron chi connectivity index (χ2n) is 4.48. The molecule has 98 valence electrons. The molecule has 0 radical (unpaired) electrons. The van der Waals surface area contributed by atoms with E-state index in [1.54, 1.807) is 0 Å². The largest absolute Gasteiger partial charge is 0.355 e. The zero-order valence-electron chi connectivity index (χ0n) is 10.9. The number of carbonyl (C=O) groups excluding carboxylic acids is 2. The molecule has 0 saturated carbocycles. The van der Waals surface area contributed by atoms with Gasteiger partial charge in [-0.1, -0.05) is 30.3 Å². The van der Waals surface area contributed by atoms with Crippen molar-refractivity contribution < 1.29 is 9.59 Å². The van der Waals surface area contributed by atoms with E-state index in [-0.39, 0.29) is 17.9 Å². The van der Waals surface area contributed by atoms with Crippen LogP contribution in [0.2, 0.25) is 0 Å². The third kappa shape index (κ3) is 6.03. The van der Waals surface area contributed by atoms with Gasteiger partial charge in [-0.3, -0.25) is 9.59 Å². The molecule has 2 N–H and O–H groups in total. The fourth-order valence-electron chi connectivity index (χ4n) is 1.55. The summed E-state index contributed by atoms with van der Waals surface area (Å²) in [6.45, 7) is 4.20. The Morgan fingerprint density at radius 1 is 1.11 bits per heavy atom. The summed E-state index contributed by atoms with van der Waals surface area (Å²) in [5.41, 5.74) is 0.974. The molecule has 1 rings (SSSR count). The van der Waals surface area contributed by atoms with Gasteiger partial charge in [0.05, 0.1) is 6.42 Å². The Labute approximate surface area is 108 Å². The van der Waals surface area contributed by atoms with Crippen molar-refractivity contribution in [1.82, 2.24) is 10.6 Å². The molecule has 18 heavy (non-hydrogen) atoms. The lowest BCUT2D eigenvalue weighted by atomic mass is 10.1. The lowest BCUT2D eigenvalue weighted by molar-refractivity contribution is -0.122. The van der Waals surface area contributed by atoms with E-state index < -0.39 is 0 Å². The SMILES string of the molecule is CC(C)NC(=O)CCNC(=O)Cc1ccccc1. The molecule has 0 heterocycles. The molecule has 0 aliphatic heterocycles. The number of benzene rings is 1. The highest BCUT2D eigenvalue weighted by Gasteiger charge is 2.05. The lowest BCUT2D eigenvalue weighted by Crippen LogP contribution is -2.34. The first kappa shape index (κ1) is 14.2. The van der Waals surface area contributed by atoms with Crippen molar-refractivity contribution in [1.29, 1.82) is 0 Å². The molecule has 0 saturated heterocycles. The first-order valence-corrected chi connectivity index (χ1v) is 6.18. The molecule has 2 amide bonds. The molecule has 0 unspecified atom stereocenters. The van der Waals surface area contributed by atoms with Gasteiger partial charge < -0.3 is 10.6 Å². The first-order chi connectivity index (χ1) is 8.58. The molecule has 0 spiro atoms. The van der Waals surface area contributed by atoms with Gasteiger partial charge in [0.1, 0.15) is 0 Å². The first-order valence-electron chi connectivity index (χ1n) is 6.18. The summed E-state index contributed by atoms with van der Waals surface area (Å²) in [5, 5.41) is 5.51. The molecule has 0 aliphatic rings. The van der Waals surface area contributed by atoms with Crippen LogP contribution in [-0.2, 0) is 16.0 Å². The van der Waals surface area contributed by atoms with Crippen LogP contribution in [0, 0.1) is 0 Å². The zero-order valence-corrected chi connectivity index (χ0v) is 10.9. The van der Waals surface area contributed by atoms with Gasteiger partial charge in [0.25, 0.3) is 0 Å². The van der Waals surface area contributed by atoms with Crippen LogP contribution in [0.25, 0.3) is 0 Å². The van der Waals surface area contributed by atoms with Gasteiger partial charge in [-0.15, -0.1) is 0 Å². The normalized spacial score (nSPS) is 10.2. The van der Waals surface area contributed by atoms with E-state index in [4.69, 9.17) is 0 Å². The standard InChI is InChI=1S/C14H20N2O2/c1-11(2)16-13(17)8-9-15-14(18)10-12-6-4-3-5-7-12/h3-7,11H,8-10H2,1-2H3,(H,15,18)(H,16,17). The van der Waals surface area contributed by atoms with Crippen LogP contribution in [0.5, 0.6) is 0 Å². The topological polar surface area (TPSA) is 58.2 Å². The fraction of sp³-hybridized carbons (Fsp3) is 0.429. The van der Waals surface area contributed by atoms with Crippen molar-refractivity contribution in [3.05, 3.63) is 35.9 Å². The van der Waals surface area contributed by atoms with Crippen LogP contribution >= 0.6 is 0 Å². The van der Waals surface area contributed by atoms with Gasteiger partial charge in [-0.2, -0.15) is 0 Å². The van der Waals surface area contributed by atoms with Crippen LogP contribution in [0.1, 0.15) is 25.8 Å². The highest BCUT2D eigenvalue weighted by molar-refractivity contribution is 5.80. The zero-order chi connectivity index (χ0) is 13.4. The molecule has 4 heteroatoms. The van der Waals surface area contributed by atoms with E-state index in [9.17, 15) is 9.59 Å². The number of hydrogen-bond acceptors (Lipinski definition) is 2. The van der Waals surface area contributed by atoms with Gasteiger partial charge in [0.2, 0.25) is 11.8 Å². The Balaban J connectivity index is 2.20. The molecule has 1 aromatic carbocycles. The minimum absolute atomic E-state index is 0.0370. The molecular formula is C14H20N2O2. The maximum atomic E-state index is 11.6. The van der Waals surface area contributed by atoms with Crippen LogP contribution in [0.4, 0.5) is 0 Å². The van der Waals surface area contributed by atoms with Crippen molar-refractivity contribution in [3.8, 4) is 0 Å². The predicted octanol–water partition coefficient (Wildman–Crippen LogP) is 1.26. The number of nitrogens with one attached hydrogen (secondary N) is 2. The summed E-state index contributed by atoms with van der Waals surface area (Å²) in [4.78, 5) is 22.9. The Bertz CT molecular complexity index is 388. The van der Waals surface area contributed by atoms with Gasteiger partial charge in [-0.05, 0) is 19.4 Å². The molecule has 0 atom stereocenters. The lowest BCUT2D eigenvalue weighted by Gasteiger charge is -2.09. The van der Waals surface area contributed by atoms with Crippen molar-refractivity contribution >= 4 is 11.8 Å². The summed E-state index contributed by atoms with van der Waals surface area (Å²) in [5.74, 6) is -0.0939. The van der Waals surface area contributed by atoms with Crippen molar-refractivity contribution in [2.45, 2.75) is 32.7 Å². The summed E-state index contributed by atoms with van der Waals surface area (Å²) in [6, 6.07) is 9.67. The highest BCUT2D eigenvalue weighted by atomic mass is 16.2. The summed E-state index contributed by atoms with van der Waals surface area (Å²) in [6.07, 6.45) is 0.672. The summed E-state index contributed by atoms with van der Waals surface area (Å²) < 4.78 is 0. The molecule has 0 aromatic heterocycles. The minimum atomic E-state index is -0.0569. The third-order valence-corrected chi connectivity index (χ3v) is 2.33. The Hall–Kier alpha value is -1.84. The predicted molar refractivity (Wildman–Crippen MR) is 71.1 cm³/mol.